The molecule has 1 aliphatic rings. The number of ether oxygens (including phenoxy) is 1. The lowest BCUT2D eigenvalue weighted by atomic mass is 10.1. The number of unbranched alkanes of at least 4 members (excludes halogenated alkanes) is 2. The van der Waals surface area contributed by atoms with Gasteiger partial charge in [-0.15, -0.1) is 0 Å². The summed E-state index contributed by atoms with van der Waals surface area (Å²) in [5.74, 6) is 1.12. The summed E-state index contributed by atoms with van der Waals surface area (Å²) in [4.78, 5) is 4.54. The van der Waals surface area contributed by atoms with E-state index in [1.54, 1.807) is 7.11 Å². The van der Waals surface area contributed by atoms with Crippen LogP contribution in [0.2, 0.25) is 0 Å². The van der Waals surface area contributed by atoms with Gasteiger partial charge in [-0.2, -0.15) is 0 Å². The largest absolute Gasteiger partial charge is 0.385 e. The zero-order valence-electron chi connectivity index (χ0n) is 10.0. The summed E-state index contributed by atoms with van der Waals surface area (Å²) in [6.45, 7) is 6.23. The Kier molecular flexibility index (Phi) is 5.47. The molecule has 0 saturated carbocycles. The van der Waals surface area contributed by atoms with Gasteiger partial charge in [-0.25, -0.2) is 0 Å². The molecule has 1 fully saturated rings. The molecule has 0 aliphatic carbocycles. The van der Waals surface area contributed by atoms with Crippen LogP contribution in [0.5, 0.6) is 0 Å². The maximum absolute atomic E-state index is 5.00. The van der Waals surface area contributed by atoms with Gasteiger partial charge in [0.2, 0.25) is 0 Å². The first-order chi connectivity index (χ1) is 7.14. The number of nitrogens with one attached hydrogen (secondary N) is 1. The lowest BCUT2D eigenvalue weighted by Crippen LogP contribution is -2.36. The molecule has 0 aromatic rings. The average Bonchev–Trinajstić information content (AvgIpc) is 2.52. The van der Waals surface area contributed by atoms with Gasteiger partial charge in [0.1, 0.15) is 0 Å². The van der Waals surface area contributed by atoms with Crippen LogP contribution in [0.3, 0.4) is 0 Å². The summed E-state index contributed by atoms with van der Waals surface area (Å²) in [5, 5.41) is 4.54. The van der Waals surface area contributed by atoms with Gasteiger partial charge in [-0.3, -0.25) is 4.99 Å². The molecule has 0 spiro atoms. The molecule has 88 valence electrons. The Bertz CT molecular complexity index is 217. The molecule has 0 bridgehead atoms. The number of methoxy groups -OCH3 is 1. The molecule has 1 rings (SSSR count). The van der Waals surface area contributed by atoms with Gasteiger partial charge in [0.05, 0.1) is 0 Å². The molecule has 0 amide bonds. The number of nitrogens with zero attached hydrogens (tertiary/aromatic N) is 1. The van der Waals surface area contributed by atoms with Crippen molar-refractivity contribution in [1.29, 1.82) is 0 Å². The molecule has 0 aromatic heterocycles. The molecule has 0 atom stereocenters. The van der Waals surface area contributed by atoms with Crippen molar-refractivity contribution >= 4 is 16.9 Å². The lowest BCUT2D eigenvalue weighted by Gasteiger charge is -2.15. The van der Waals surface area contributed by atoms with Gasteiger partial charge in [-0.1, -0.05) is 11.8 Å². The van der Waals surface area contributed by atoms with Gasteiger partial charge < -0.3 is 10.1 Å². The van der Waals surface area contributed by atoms with Crippen molar-refractivity contribution < 1.29 is 4.74 Å². The fourth-order valence-electron chi connectivity index (χ4n) is 1.41. The maximum atomic E-state index is 5.00. The second kappa shape index (κ2) is 6.38. The molecular weight excluding hydrogens is 208 g/mol. The molecule has 0 radical (unpaired) electrons. The number of aliphatic imine (C=N–C) groups is 1. The molecule has 1 N–H and O–H groups in total. The summed E-state index contributed by atoms with van der Waals surface area (Å²) in [5.41, 5.74) is 0.222. The van der Waals surface area contributed by atoms with Gasteiger partial charge in [-0.05, 0) is 33.1 Å². The molecule has 1 heterocycles. The molecule has 0 unspecified atom stereocenters. The third-order valence-corrected chi connectivity index (χ3v) is 3.65. The summed E-state index contributed by atoms with van der Waals surface area (Å²) in [6, 6.07) is 0. The van der Waals surface area contributed by atoms with E-state index in [-0.39, 0.29) is 5.54 Å². The van der Waals surface area contributed by atoms with Crippen LogP contribution < -0.4 is 5.32 Å². The van der Waals surface area contributed by atoms with E-state index in [1.165, 1.54) is 6.42 Å². The Morgan fingerprint density at radius 2 is 2.20 bits per heavy atom. The Hall–Kier alpha value is -0.220. The quantitative estimate of drug-likeness (QED) is 0.711. The SMILES string of the molecule is COCCCCCN=C1NC(C)(C)CS1. The molecule has 3 nitrogen and oxygen atoms in total. The van der Waals surface area contributed by atoms with Crippen molar-refractivity contribution in [3.8, 4) is 0 Å². The van der Waals surface area contributed by atoms with Gasteiger partial charge >= 0.3 is 0 Å². The molecule has 0 aromatic carbocycles. The third kappa shape index (κ3) is 5.42. The van der Waals surface area contributed by atoms with Crippen molar-refractivity contribution in [2.45, 2.75) is 38.6 Å². The highest BCUT2D eigenvalue weighted by atomic mass is 32.2. The summed E-state index contributed by atoms with van der Waals surface area (Å²) in [6.07, 6.45) is 3.52. The van der Waals surface area contributed by atoms with Crippen molar-refractivity contribution in [2.24, 2.45) is 4.99 Å². The van der Waals surface area contributed by atoms with Crippen LogP contribution in [0.1, 0.15) is 33.1 Å². The number of thioether (sulfide) groups is 1. The summed E-state index contributed by atoms with van der Waals surface area (Å²) >= 11 is 1.83. The van der Waals surface area contributed by atoms with Crippen LogP contribution in [0.15, 0.2) is 4.99 Å². The van der Waals surface area contributed by atoms with E-state index < -0.39 is 0 Å². The lowest BCUT2D eigenvalue weighted by molar-refractivity contribution is 0.192. The number of amidine groups is 1. The highest BCUT2D eigenvalue weighted by molar-refractivity contribution is 8.14. The average molecular weight is 230 g/mol. The minimum absolute atomic E-state index is 0.222. The first-order valence-corrected chi connectivity index (χ1v) is 6.57. The van der Waals surface area contributed by atoms with Crippen molar-refractivity contribution in [1.82, 2.24) is 5.32 Å². The zero-order chi connectivity index (χ0) is 11.1. The third-order valence-electron chi connectivity index (χ3n) is 2.28. The highest BCUT2D eigenvalue weighted by Gasteiger charge is 2.26. The van der Waals surface area contributed by atoms with Crippen LogP contribution in [-0.2, 0) is 4.74 Å². The molecule has 15 heavy (non-hydrogen) atoms. The number of hydrogen-bond acceptors (Lipinski definition) is 3. The van der Waals surface area contributed by atoms with E-state index in [9.17, 15) is 0 Å². The Morgan fingerprint density at radius 3 is 2.80 bits per heavy atom. The van der Waals surface area contributed by atoms with E-state index >= 15 is 0 Å². The van der Waals surface area contributed by atoms with E-state index in [0.29, 0.717) is 0 Å². The van der Waals surface area contributed by atoms with Crippen molar-refractivity contribution in [3.63, 3.8) is 0 Å². The predicted octanol–water partition coefficient (Wildman–Crippen LogP) is 2.27. The van der Waals surface area contributed by atoms with Gasteiger partial charge in [0, 0.05) is 31.6 Å². The van der Waals surface area contributed by atoms with Crippen LogP contribution in [0, 0.1) is 0 Å². The van der Waals surface area contributed by atoms with Crippen molar-refractivity contribution in [3.05, 3.63) is 0 Å². The zero-order valence-corrected chi connectivity index (χ0v) is 10.8. The van der Waals surface area contributed by atoms with E-state index in [2.05, 4.69) is 24.2 Å². The number of hydrogen-bond donors (Lipinski definition) is 1. The minimum Gasteiger partial charge on any atom is -0.385 e. The first kappa shape index (κ1) is 12.8. The van der Waals surface area contributed by atoms with Gasteiger partial charge in [0.25, 0.3) is 0 Å². The van der Waals surface area contributed by atoms with E-state index in [4.69, 9.17) is 4.74 Å². The predicted molar refractivity (Wildman–Crippen MR) is 67.7 cm³/mol. The second-order valence-electron chi connectivity index (χ2n) is 4.54. The topological polar surface area (TPSA) is 33.6 Å². The molecule has 1 aliphatic heterocycles. The fraction of sp³-hybridized carbons (Fsp3) is 0.909. The van der Waals surface area contributed by atoms with Gasteiger partial charge in [0.15, 0.2) is 5.17 Å². The highest BCUT2D eigenvalue weighted by Crippen LogP contribution is 2.21. The molecule has 4 heteroatoms. The standard InChI is InChI=1S/C11H22N2OS/c1-11(2)9-15-10(13-11)12-7-5-4-6-8-14-3/h4-9H2,1-3H3,(H,12,13). The monoisotopic (exact) mass is 230 g/mol. The smallest absolute Gasteiger partial charge is 0.157 e. The van der Waals surface area contributed by atoms with Crippen LogP contribution in [0.4, 0.5) is 0 Å². The second-order valence-corrected chi connectivity index (χ2v) is 5.50. The Balaban J connectivity index is 2.06. The minimum atomic E-state index is 0.222. The van der Waals surface area contributed by atoms with E-state index in [0.717, 1.165) is 36.9 Å². The maximum Gasteiger partial charge on any atom is 0.157 e. The van der Waals surface area contributed by atoms with Crippen LogP contribution in [0.25, 0.3) is 0 Å². The Labute approximate surface area is 97.1 Å². The molecular formula is C11H22N2OS. The Morgan fingerprint density at radius 1 is 1.40 bits per heavy atom. The first-order valence-electron chi connectivity index (χ1n) is 5.58. The molecule has 1 saturated heterocycles. The normalized spacial score (nSPS) is 21.9. The summed E-state index contributed by atoms with van der Waals surface area (Å²) in [7, 11) is 1.75. The van der Waals surface area contributed by atoms with E-state index in [1.807, 2.05) is 11.8 Å². The number of rotatable bonds is 6. The fourth-order valence-corrected chi connectivity index (χ4v) is 2.51. The van der Waals surface area contributed by atoms with Crippen LogP contribution >= 0.6 is 11.8 Å². The summed E-state index contributed by atoms with van der Waals surface area (Å²) < 4.78 is 5.00. The van der Waals surface area contributed by atoms with Crippen LogP contribution in [-0.4, -0.2) is 36.7 Å². The van der Waals surface area contributed by atoms with Crippen molar-refractivity contribution in [2.75, 3.05) is 26.0 Å².